The molecule has 4 aromatic rings. The summed E-state index contributed by atoms with van der Waals surface area (Å²) in [6.45, 7) is 1.89. The fourth-order valence-corrected chi connectivity index (χ4v) is 2.84. The van der Waals surface area contributed by atoms with Crippen molar-refractivity contribution in [2.24, 2.45) is 0 Å². The third-order valence-electron chi connectivity index (χ3n) is 4.11. The van der Waals surface area contributed by atoms with Gasteiger partial charge in [-0.2, -0.15) is 0 Å². The van der Waals surface area contributed by atoms with Crippen molar-refractivity contribution in [1.82, 2.24) is 0 Å². The van der Waals surface area contributed by atoms with Crippen molar-refractivity contribution in [3.05, 3.63) is 78.4 Å². The zero-order valence-electron chi connectivity index (χ0n) is 12.8. The minimum atomic E-state index is 0.306. The molecule has 112 valence electrons. The topological polar surface area (TPSA) is 29.5 Å². The van der Waals surface area contributed by atoms with Crippen LogP contribution < -0.4 is 4.74 Å². The Labute approximate surface area is 134 Å². The molecule has 0 amide bonds. The Hall–Kier alpha value is -3.00. The average molecular weight is 300 g/mol. The fourth-order valence-electron chi connectivity index (χ4n) is 2.84. The number of hydrogen-bond donors (Lipinski definition) is 1. The highest BCUT2D eigenvalue weighted by atomic mass is 16.5. The molecule has 0 fully saturated rings. The van der Waals surface area contributed by atoms with Crippen molar-refractivity contribution in [2.45, 2.75) is 6.92 Å². The molecule has 2 nitrogen and oxygen atoms in total. The molecule has 4 rings (SSSR count). The monoisotopic (exact) mass is 300 g/mol. The first-order valence-electron chi connectivity index (χ1n) is 7.60. The predicted molar refractivity (Wildman–Crippen MR) is 94.4 cm³/mol. The van der Waals surface area contributed by atoms with Gasteiger partial charge in [0.05, 0.1) is 0 Å². The Bertz CT molecular complexity index is 1020. The highest BCUT2D eigenvalue weighted by molar-refractivity contribution is 5.91. The first-order chi connectivity index (χ1) is 11.2. The van der Waals surface area contributed by atoms with Crippen LogP contribution in [0.3, 0.4) is 0 Å². The van der Waals surface area contributed by atoms with Crippen LogP contribution in [-0.4, -0.2) is 5.11 Å². The number of phenolic OH excluding ortho intramolecular Hbond substituents is 1. The van der Waals surface area contributed by atoms with Gasteiger partial charge in [0, 0.05) is 5.39 Å². The lowest BCUT2D eigenvalue weighted by Gasteiger charge is -2.11. The molecule has 0 saturated carbocycles. The largest absolute Gasteiger partial charge is 0.508 e. The van der Waals surface area contributed by atoms with E-state index in [4.69, 9.17) is 4.74 Å². The number of hydrogen-bond acceptors (Lipinski definition) is 2. The summed E-state index contributed by atoms with van der Waals surface area (Å²) in [6.07, 6.45) is 0. The summed E-state index contributed by atoms with van der Waals surface area (Å²) < 4.78 is 6.11. The molecular weight excluding hydrogens is 284 g/mol. The van der Waals surface area contributed by atoms with Gasteiger partial charge >= 0.3 is 0 Å². The summed E-state index contributed by atoms with van der Waals surface area (Å²) in [7, 11) is 0. The van der Waals surface area contributed by atoms with Crippen LogP contribution in [0.1, 0.15) is 5.56 Å². The average Bonchev–Trinajstić information content (AvgIpc) is 2.56. The van der Waals surface area contributed by atoms with E-state index in [9.17, 15) is 5.11 Å². The minimum absolute atomic E-state index is 0.306. The maximum atomic E-state index is 9.88. The van der Waals surface area contributed by atoms with E-state index in [2.05, 4.69) is 18.2 Å². The smallest absolute Gasteiger partial charge is 0.135 e. The number of aryl methyl sites for hydroxylation is 1. The van der Waals surface area contributed by atoms with Crippen molar-refractivity contribution in [2.75, 3.05) is 0 Å². The molecule has 0 spiro atoms. The second-order valence-electron chi connectivity index (χ2n) is 5.73. The van der Waals surface area contributed by atoms with Gasteiger partial charge in [0.15, 0.2) is 0 Å². The van der Waals surface area contributed by atoms with Gasteiger partial charge in [0.1, 0.15) is 17.2 Å². The van der Waals surface area contributed by atoms with Crippen molar-refractivity contribution in [3.8, 4) is 17.2 Å². The molecule has 4 aromatic carbocycles. The summed E-state index contributed by atoms with van der Waals surface area (Å²) in [4.78, 5) is 0. The Morgan fingerprint density at radius 2 is 1.52 bits per heavy atom. The summed E-state index contributed by atoms with van der Waals surface area (Å²) in [5.41, 5.74) is 0.840. The Morgan fingerprint density at radius 1 is 0.739 bits per heavy atom. The Morgan fingerprint density at radius 3 is 2.39 bits per heavy atom. The second-order valence-corrected chi connectivity index (χ2v) is 5.73. The molecule has 0 unspecified atom stereocenters. The molecule has 0 aliphatic rings. The molecular formula is C21H16O2. The molecule has 0 bridgehead atoms. The Balaban J connectivity index is 1.80. The van der Waals surface area contributed by atoms with Crippen molar-refractivity contribution < 1.29 is 9.84 Å². The minimum Gasteiger partial charge on any atom is -0.508 e. The molecule has 0 aromatic heterocycles. The summed E-state index contributed by atoms with van der Waals surface area (Å²) in [5, 5.41) is 14.2. The number of benzene rings is 4. The second kappa shape index (κ2) is 5.33. The number of rotatable bonds is 2. The van der Waals surface area contributed by atoms with Gasteiger partial charge in [-0.3, -0.25) is 0 Å². The SMILES string of the molecule is Cc1cc2c(Oc3ccc4ccccc4c3)cccc2cc1O. The molecule has 2 heteroatoms. The van der Waals surface area contributed by atoms with E-state index in [-0.39, 0.29) is 0 Å². The molecule has 0 aliphatic heterocycles. The van der Waals surface area contributed by atoms with Crippen LogP contribution in [0.4, 0.5) is 0 Å². The zero-order chi connectivity index (χ0) is 15.8. The molecule has 23 heavy (non-hydrogen) atoms. The third kappa shape index (κ3) is 2.49. The molecule has 0 atom stereocenters. The van der Waals surface area contributed by atoms with Gasteiger partial charge in [-0.1, -0.05) is 42.5 Å². The Kier molecular flexibility index (Phi) is 3.16. The van der Waals surface area contributed by atoms with Crippen LogP contribution in [0.15, 0.2) is 72.8 Å². The van der Waals surface area contributed by atoms with Gasteiger partial charge in [0.25, 0.3) is 0 Å². The molecule has 1 N–H and O–H groups in total. The van der Waals surface area contributed by atoms with Gasteiger partial charge in [-0.15, -0.1) is 0 Å². The van der Waals surface area contributed by atoms with Crippen LogP contribution in [0, 0.1) is 6.92 Å². The maximum absolute atomic E-state index is 9.88. The first kappa shape index (κ1) is 13.6. The molecule has 0 heterocycles. The maximum Gasteiger partial charge on any atom is 0.135 e. The molecule has 0 aliphatic carbocycles. The van der Waals surface area contributed by atoms with E-state index in [1.165, 1.54) is 5.39 Å². The number of fused-ring (bicyclic) bond motifs is 2. The van der Waals surface area contributed by atoms with Crippen LogP contribution in [0.5, 0.6) is 17.2 Å². The normalized spacial score (nSPS) is 11.0. The number of ether oxygens (including phenoxy) is 1. The van der Waals surface area contributed by atoms with E-state index in [1.807, 2.05) is 55.5 Å². The summed E-state index contributed by atoms with van der Waals surface area (Å²) >= 11 is 0. The molecule has 0 saturated heterocycles. The van der Waals surface area contributed by atoms with Crippen LogP contribution in [-0.2, 0) is 0 Å². The quantitative estimate of drug-likeness (QED) is 0.507. The van der Waals surface area contributed by atoms with Crippen molar-refractivity contribution in [1.29, 1.82) is 0 Å². The first-order valence-corrected chi connectivity index (χ1v) is 7.60. The van der Waals surface area contributed by atoms with Crippen molar-refractivity contribution in [3.63, 3.8) is 0 Å². The van der Waals surface area contributed by atoms with E-state index in [1.54, 1.807) is 6.07 Å². The summed E-state index contributed by atoms with van der Waals surface area (Å²) in [5.74, 6) is 1.91. The van der Waals surface area contributed by atoms with Gasteiger partial charge < -0.3 is 9.84 Å². The van der Waals surface area contributed by atoms with Crippen LogP contribution >= 0.6 is 0 Å². The van der Waals surface area contributed by atoms with Gasteiger partial charge in [-0.25, -0.2) is 0 Å². The van der Waals surface area contributed by atoms with Crippen LogP contribution in [0.25, 0.3) is 21.5 Å². The lowest BCUT2D eigenvalue weighted by atomic mass is 10.1. The standard InChI is InChI=1S/C21H16O2/c1-14-11-19-17(13-20(14)22)7-4-8-21(19)23-18-10-9-15-5-2-3-6-16(15)12-18/h2-13,22H,1H3. The lowest BCUT2D eigenvalue weighted by Crippen LogP contribution is -1.87. The van der Waals surface area contributed by atoms with Gasteiger partial charge in [0.2, 0.25) is 0 Å². The van der Waals surface area contributed by atoms with Gasteiger partial charge in [-0.05, 0) is 59.0 Å². The highest BCUT2D eigenvalue weighted by Crippen LogP contribution is 2.34. The zero-order valence-corrected chi connectivity index (χ0v) is 12.8. The molecule has 0 radical (unpaired) electrons. The predicted octanol–water partition coefficient (Wildman–Crippen LogP) is 5.80. The van der Waals surface area contributed by atoms with E-state index >= 15 is 0 Å². The van der Waals surface area contributed by atoms with E-state index in [0.29, 0.717) is 5.75 Å². The fraction of sp³-hybridized carbons (Fsp3) is 0.0476. The number of phenols is 1. The van der Waals surface area contributed by atoms with E-state index in [0.717, 1.165) is 33.2 Å². The number of aromatic hydroxyl groups is 1. The third-order valence-corrected chi connectivity index (χ3v) is 4.11. The summed E-state index contributed by atoms with van der Waals surface area (Å²) in [6, 6.07) is 23.9. The van der Waals surface area contributed by atoms with Crippen molar-refractivity contribution >= 4 is 21.5 Å². The highest BCUT2D eigenvalue weighted by Gasteiger charge is 2.07. The van der Waals surface area contributed by atoms with E-state index < -0.39 is 0 Å². The van der Waals surface area contributed by atoms with Crippen LogP contribution in [0.2, 0.25) is 0 Å². The lowest BCUT2D eigenvalue weighted by molar-refractivity contribution is 0.471.